The molecule has 1 saturated heterocycles. The lowest BCUT2D eigenvalue weighted by molar-refractivity contribution is 0.0287. The van der Waals surface area contributed by atoms with Crippen molar-refractivity contribution in [1.82, 2.24) is 9.88 Å². The highest BCUT2D eigenvalue weighted by atomic mass is 16.6. The third kappa shape index (κ3) is 4.68. The fourth-order valence-electron chi connectivity index (χ4n) is 3.33. The van der Waals surface area contributed by atoms with Gasteiger partial charge in [-0.05, 0) is 63.6 Å². The second kappa shape index (κ2) is 7.43. The van der Waals surface area contributed by atoms with Crippen LogP contribution in [0.1, 0.15) is 39.7 Å². The molecule has 2 heterocycles. The molecule has 6 nitrogen and oxygen atoms in total. The van der Waals surface area contributed by atoms with E-state index in [1.807, 2.05) is 45.2 Å². The minimum absolute atomic E-state index is 0.168. The number of nitriles is 1. The maximum absolute atomic E-state index is 12.2. The number of anilines is 1. The summed E-state index contributed by atoms with van der Waals surface area (Å²) < 4.78 is 5.47. The molecule has 2 unspecified atom stereocenters. The van der Waals surface area contributed by atoms with Crippen molar-refractivity contribution in [3.63, 3.8) is 0 Å². The van der Waals surface area contributed by atoms with Crippen molar-refractivity contribution in [2.45, 2.75) is 45.8 Å². The van der Waals surface area contributed by atoms with Crippen LogP contribution in [-0.2, 0) is 4.74 Å². The van der Waals surface area contributed by atoms with Crippen molar-refractivity contribution < 1.29 is 9.53 Å². The van der Waals surface area contributed by atoms with E-state index in [1.165, 1.54) is 0 Å². The predicted molar refractivity (Wildman–Crippen MR) is 105 cm³/mol. The van der Waals surface area contributed by atoms with E-state index >= 15 is 0 Å². The number of amides is 1. The number of fused-ring (bicyclic) bond motifs is 1. The van der Waals surface area contributed by atoms with Gasteiger partial charge in [-0.2, -0.15) is 5.26 Å². The molecular weight excluding hydrogens is 340 g/mol. The van der Waals surface area contributed by atoms with E-state index in [2.05, 4.69) is 23.3 Å². The second-order valence-electron chi connectivity index (χ2n) is 8.15. The number of pyridine rings is 1. The molecule has 2 atom stereocenters. The molecule has 1 aromatic carbocycles. The first-order chi connectivity index (χ1) is 12.7. The van der Waals surface area contributed by atoms with Gasteiger partial charge in [0, 0.05) is 30.7 Å². The van der Waals surface area contributed by atoms with Crippen molar-refractivity contribution in [3.8, 4) is 6.07 Å². The summed E-state index contributed by atoms with van der Waals surface area (Å²) in [5.74, 6) is 1.11. The number of carbonyl (C=O) groups is 1. The number of rotatable bonds is 3. The van der Waals surface area contributed by atoms with Crippen molar-refractivity contribution in [3.05, 3.63) is 36.0 Å². The molecule has 2 aromatic rings. The highest BCUT2D eigenvalue weighted by Crippen LogP contribution is 2.25. The summed E-state index contributed by atoms with van der Waals surface area (Å²) in [7, 11) is 0. The normalized spacial score (nSPS) is 18.2. The third-order valence-electron chi connectivity index (χ3n) is 4.81. The van der Waals surface area contributed by atoms with Gasteiger partial charge in [0.1, 0.15) is 11.4 Å². The van der Waals surface area contributed by atoms with Crippen LogP contribution in [0.3, 0.4) is 0 Å². The van der Waals surface area contributed by atoms with E-state index in [9.17, 15) is 4.79 Å². The van der Waals surface area contributed by atoms with Gasteiger partial charge < -0.3 is 15.0 Å². The number of hydrogen-bond donors (Lipinski definition) is 1. The molecule has 0 radical (unpaired) electrons. The summed E-state index contributed by atoms with van der Waals surface area (Å²) in [5, 5.41) is 14.5. The molecule has 1 N–H and O–H groups in total. The standard InChI is InChI=1S/C21H26N4O2/c1-14(17-7-8-25(13-17)20(26)27-21(2,3)4)24-19-10-18-9-15(11-22)5-6-16(18)12-23-19/h5-6,9-10,12,14,17H,7-8,13H2,1-4H3,(H,23,24). The molecule has 27 heavy (non-hydrogen) atoms. The molecule has 0 aliphatic carbocycles. The summed E-state index contributed by atoms with van der Waals surface area (Å²) >= 11 is 0. The van der Waals surface area contributed by atoms with Gasteiger partial charge in [0.15, 0.2) is 0 Å². The van der Waals surface area contributed by atoms with Gasteiger partial charge in [-0.1, -0.05) is 6.07 Å². The Morgan fingerprint density at radius 2 is 2.15 bits per heavy atom. The fraction of sp³-hybridized carbons (Fsp3) is 0.476. The molecule has 0 saturated carbocycles. The average Bonchev–Trinajstić information content (AvgIpc) is 3.10. The Hall–Kier alpha value is -2.81. The van der Waals surface area contributed by atoms with Crippen LogP contribution in [0, 0.1) is 17.2 Å². The number of nitrogens with one attached hydrogen (secondary N) is 1. The minimum Gasteiger partial charge on any atom is -0.444 e. The van der Waals surface area contributed by atoms with Crippen LogP contribution in [0.2, 0.25) is 0 Å². The number of nitrogens with zero attached hydrogens (tertiary/aromatic N) is 3. The van der Waals surface area contributed by atoms with E-state index in [4.69, 9.17) is 10.00 Å². The maximum Gasteiger partial charge on any atom is 0.410 e. The molecule has 0 spiro atoms. The Kier molecular flexibility index (Phi) is 5.22. The minimum atomic E-state index is -0.476. The molecule has 142 valence electrons. The second-order valence-corrected chi connectivity index (χ2v) is 8.15. The Balaban J connectivity index is 1.64. The van der Waals surface area contributed by atoms with Gasteiger partial charge in [-0.25, -0.2) is 9.78 Å². The van der Waals surface area contributed by atoms with E-state index in [1.54, 1.807) is 11.0 Å². The SMILES string of the molecule is CC(Nc1cc2cc(C#N)ccc2cn1)C1CCN(C(=O)OC(C)(C)C)C1. The lowest BCUT2D eigenvalue weighted by Crippen LogP contribution is -2.36. The summed E-state index contributed by atoms with van der Waals surface area (Å²) in [5.41, 5.74) is 0.160. The molecular formula is C21H26N4O2. The lowest BCUT2D eigenvalue weighted by Gasteiger charge is -2.25. The molecule has 6 heteroatoms. The van der Waals surface area contributed by atoms with Crippen LogP contribution >= 0.6 is 0 Å². The maximum atomic E-state index is 12.2. The van der Waals surface area contributed by atoms with Gasteiger partial charge in [0.2, 0.25) is 0 Å². The summed E-state index contributed by atoms with van der Waals surface area (Å²) in [6, 6.07) is 9.87. The monoisotopic (exact) mass is 366 g/mol. The zero-order valence-electron chi connectivity index (χ0n) is 16.3. The highest BCUT2D eigenvalue weighted by Gasteiger charge is 2.32. The number of hydrogen-bond acceptors (Lipinski definition) is 5. The van der Waals surface area contributed by atoms with Crippen LogP contribution in [0.15, 0.2) is 30.5 Å². The first kappa shape index (κ1) is 19.0. The Morgan fingerprint density at radius 1 is 1.37 bits per heavy atom. The molecule has 1 amide bonds. The zero-order chi connectivity index (χ0) is 19.6. The van der Waals surface area contributed by atoms with Crippen molar-refractivity contribution >= 4 is 22.7 Å². The number of ether oxygens (including phenoxy) is 1. The van der Waals surface area contributed by atoms with Crippen molar-refractivity contribution in [2.75, 3.05) is 18.4 Å². The predicted octanol–water partition coefficient (Wildman–Crippen LogP) is 4.16. The van der Waals surface area contributed by atoms with Crippen LogP contribution in [-0.4, -0.2) is 40.7 Å². The molecule has 3 rings (SSSR count). The van der Waals surface area contributed by atoms with Gasteiger partial charge >= 0.3 is 6.09 Å². The Bertz CT molecular complexity index is 882. The first-order valence-corrected chi connectivity index (χ1v) is 9.29. The van der Waals surface area contributed by atoms with Crippen LogP contribution in [0.25, 0.3) is 10.8 Å². The molecule has 1 aliphatic rings. The van der Waals surface area contributed by atoms with Gasteiger partial charge in [-0.15, -0.1) is 0 Å². The third-order valence-corrected chi connectivity index (χ3v) is 4.81. The highest BCUT2D eigenvalue weighted by molar-refractivity contribution is 5.85. The summed E-state index contributed by atoms with van der Waals surface area (Å²) in [6.07, 6.45) is 2.50. The zero-order valence-corrected chi connectivity index (χ0v) is 16.3. The van der Waals surface area contributed by atoms with Gasteiger partial charge in [0.05, 0.1) is 11.6 Å². The largest absolute Gasteiger partial charge is 0.444 e. The average molecular weight is 366 g/mol. The van der Waals surface area contributed by atoms with Gasteiger partial charge in [-0.3, -0.25) is 0 Å². The van der Waals surface area contributed by atoms with Crippen LogP contribution in [0.5, 0.6) is 0 Å². The number of carbonyl (C=O) groups excluding carboxylic acids is 1. The van der Waals surface area contributed by atoms with E-state index in [0.29, 0.717) is 24.6 Å². The fourth-order valence-corrected chi connectivity index (χ4v) is 3.33. The van der Waals surface area contributed by atoms with Gasteiger partial charge in [0.25, 0.3) is 0 Å². The molecule has 1 aromatic heterocycles. The smallest absolute Gasteiger partial charge is 0.410 e. The van der Waals surface area contributed by atoms with E-state index in [0.717, 1.165) is 23.0 Å². The number of likely N-dealkylation sites (tertiary alicyclic amines) is 1. The van der Waals surface area contributed by atoms with Crippen molar-refractivity contribution in [1.29, 1.82) is 5.26 Å². The Morgan fingerprint density at radius 3 is 2.85 bits per heavy atom. The summed E-state index contributed by atoms with van der Waals surface area (Å²) in [6.45, 7) is 9.14. The number of benzene rings is 1. The molecule has 1 aliphatic heterocycles. The van der Waals surface area contributed by atoms with Crippen LogP contribution in [0.4, 0.5) is 10.6 Å². The quantitative estimate of drug-likeness (QED) is 0.882. The molecule has 1 fully saturated rings. The first-order valence-electron chi connectivity index (χ1n) is 9.29. The topological polar surface area (TPSA) is 78.3 Å². The lowest BCUT2D eigenvalue weighted by atomic mass is 10.0. The van der Waals surface area contributed by atoms with E-state index in [-0.39, 0.29) is 12.1 Å². The summed E-state index contributed by atoms with van der Waals surface area (Å²) in [4.78, 5) is 18.5. The Labute approximate surface area is 160 Å². The van der Waals surface area contributed by atoms with Crippen molar-refractivity contribution in [2.24, 2.45) is 5.92 Å². The molecule has 0 bridgehead atoms. The van der Waals surface area contributed by atoms with E-state index < -0.39 is 5.60 Å². The van der Waals surface area contributed by atoms with Crippen LogP contribution < -0.4 is 5.32 Å². The number of aromatic nitrogens is 1.